The number of carboxylic acid groups (broad SMARTS) is 1. The van der Waals surface area contributed by atoms with Crippen molar-refractivity contribution >= 4 is 18.1 Å². The molecule has 134 valence electrons. The molecule has 0 saturated carbocycles. The Labute approximate surface area is 154 Å². The van der Waals surface area contributed by atoms with E-state index in [1.165, 1.54) is 17.8 Å². The van der Waals surface area contributed by atoms with Crippen molar-refractivity contribution in [3.63, 3.8) is 0 Å². The van der Waals surface area contributed by atoms with Crippen LogP contribution < -0.4 is 5.43 Å². The number of nitrogens with zero attached hydrogens (tertiary/aromatic N) is 2. The summed E-state index contributed by atoms with van der Waals surface area (Å²) >= 11 is 0. The molecule has 0 spiro atoms. The van der Waals surface area contributed by atoms with Gasteiger partial charge in [-0.25, -0.2) is 10.2 Å². The lowest BCUT2D eigenvalue weighted by molar-refractivity contribution is 0.0696. The van der Waals surface area contributed by atoms with Crippen LogP contribution in [0.15, 0.2) is 53.6 Å². The SMILES string of the molecule is O=C(O)c1ccccc1C=NNC(=O)c1[nH]nc2c1CCc1ccccc1-2. The number of amides is 1. The third-order valence-corrected chi connectivity index (χ3v) is 4.57. The van der Waals surface area contributed by atoms with Crippen molar-refractivity contribution in [1.29, 1.82) is 0 Å². The van der Waals surface area contributed by atoms with Crippen molar-refractivity contribution in [3.8, 4) is 11.3 Å². The fraction of sp³-hybridized carbons (Fsp3) is 0.100. The van der Waals surface area contributed by atoms with Crippen molar-refractivity contribution in [2.45, 2.75) is 12.8 Å². The fourth-order valence-corrected chi connectivity index (χ4v) is 3.27. The van der Waals surface area contributed by atoms with Crippen LogP contribution in [0.1, 0.15) is 37.5 Å². The summed E-state index contributed by atoms with van der Waals surface area (Å²) in [5, 5.41) is 20.2. The van der Waals surface area contributed by atoms with Crippen LogP contribution in [0.2, 0.25) is 0 Å². The Kier molecular flexibility index (Phi) is 4.25. The Bertz CT molecular complexity index is 1070. The Morgan fingerprint density at radius 1 is 1.11 bits per heavy atom. The molecular weight excluding hydrogens is 344 g/mol. The second-order valence-corrected chi connectivity index (χ2v) is 6.17. The van der Waals surface area contributed by atoms with E-state index in [9.17, 15) is 14.7 Å². The molecule has 7 nitrogen and oxygen atoms in total. The Morgan fingerprint density at radius 3 is 2.74 bits per heavy atom. The highest BCUT2D eigenvalue weighted by Gasteiger charge is 2.24. The van der Waals surface area contributed by atoms with Gasteiger partial charge in [-0.05, 0) is 24.5 Å². The molecule has 0 fully saturated rings. The number of hydrazone groups is 1. The normalized spacial score (nSPS) is 12.4. The van der Waals surface area contributed by atoms with Crippen LogP contribution >= 0.6 is 0 Å². The predicted octanol–water partition coefficient (Wildman–Crippen LogP) is 2.64. The maximum Gasteiger partial charge on any atom is 0.336 e. The number of carboxylic acids is 1. The number of aromatic carboxylic acids is 1. The third-order valence-electron chi connectivity index (χ3n) is 4.57. The van der Waals surface area contributed by atoms with Crippen LogP contribution in [-0.2, 0) is 12.8 Å². The van der Waals surface area contributed by atoms with Crippen molar-refractivity contribution in [3.05, 3.63) is 76.5 Å². The number of benzene rings is 2. The molecule has 1 amide bonds. The van der Waals surface area contributed by atoms with Gasteiger partial charge >= 0.3 is 5.97 Å². The maximum absolute atomic E-state index is 12.5. The van der Waals surface area contributed by atoms with Crippen LogP contribution in [0.5, 0.6) is 0 Å². The molecule has 1 aliphatic rings. The van der Waals surface area contributed by atoms with Crippen molar-refractivity contribution in [2.24, 2.45) is 5.10 Å². The first-order valence-electron chi connectivity index (χ1n) is 8.46. The van der Waals surface area contributed by atoms with Crippen molar-refractivity contribution in [1.82, 2.24) is 15.6 Å². The molecule has 0 aliphatic heterocycles. The van der Waals surface area contributed by atoms with Crippen LogP contribution in [0.25, 0.3) is 11.3 Å². The van der Waals surface area contributed by atoms with Gasteiger partial charge < -0.3 is 5.11 Å². The molecule has 4 rings (SSSR count). The molecule has 1 aromatic heterocycles. The number of hydrogen-bond donors (Lipinski definition) is 3. The minimum atomic E-state index is -1.05. The first-order chi connectivity index (χ1) is 13.1. The smallest absolute Gasteiger partial charge is 0.336 e. The lowest BCUT2D eigenvalue weighted by Crippen LogP contribution is -2.20. The lowest BCUT2D eigenvalue weighted by atomic mass is 9.89. The zero-order valence-electron chi connectivity index (χ0n) is 14.3. The Morgan fingerprint density at radius 2 is 1.89 bits per heavy atom. The number of hydrogen-bond acceptors (Lipinski definition) is 4. The summed E-state index contributed by atoms with van der Waals surface area (Å²) in [6.07, 6.45) is 2.88. The Balaban J connectivity index is 1.55. The summed E-state index contributed by atoms with van der Waals surface area (Å²) in [6.45, 7) is 0. The van der Waals surface area contributed by atoms with E-state index in [1.54, 1.807) is 18.2 Å². The monoisotopic (exact) mass is 360 g/mol. The molecule has 2 aromatic carbocycles. The minimum Gasteiger partial charge on any atom is -0.478 e. The number of carbonyl (C=O) groups is 2. The number of H-pyrrole nitrogens is 1. The van der Waals surface area contributed by atoms with E-state index in [4.69, 9.17) is 0 Å². The first-order valence-corrected chi connectivity index (χ1v) is 8.46. The van der Waals surface area contributed by atoms with Gasteiger partial charge in [0.05, 0.1) is 17.5 Å². The molecule has 0 unspecified atom stereocenters. The number of aromatic amines is 1. The van der Waals surface area contributed by atoms with E-state index in [0.29, 0.717) is 11.3 Å². The molecule has 0 bridgehead atoms. The zero-order valence-corrected chi connectivity index (χ0v) is 14.3. The van der Waals surface area contributed by atoms with Gasteiger partial charge in [-0.1, -0.05) is 42.5 Å². The van der Waals surface area contributed by atoms with Crippen LogP contribution in [0.4, 0.5) is 0 Å². The number of rotatable bonds is 4. The molecule has 1 aliphatic carbocycles. The number of aromatic nitrogens is 2. The van der Waals surface area contributed by atoms with E-state index in [2.05, 4.69) is 26.8 Å². The maximum atomic E-state index is 12.5. The second-order valence-electron chi connectivity index (χ2n) is 6.17. The van der Waals surface area contributed by atoms with Gasteiger partial charge in [0, 0.05) is 16.7 Å². The van der Waals surface area contributed by atoms with E-state index >= 15 is 0 Å². The molecule has 27 heavy (non-hydrogen) atoms. The number of aryl methyl sites for hydroxylation is 1. The largest absolute Gasteiger partial charge is 0.478 e. The summed E-state index contributed by atoms with van der Waals surface area (Å²) in [6, 6.07) is 14.4. The third kappa shape index (κ3) is 3.10. The summed E-state index contributed by atoms with van der Waals surface area (Å²) in [5.41, 5.74) is 7.25. The number of nitrogens with one attached hydrogen (secondary N) is 2. The van der Waals surface area contributed by atoms with Gasteiger partial charge in [0.1, 0.15) is 5.69 Å². The highest BCUT2D eigenvalue weighted by Crippen LogP contribution is 2.33. The van der Waals surface area contributed by atoms with Crippen molar-refractivity contribution in [2.75, 3.05) is 0 Å². The fourth-order valence-electron chi connectivity index (χ4n) is 3.27. The predicted molar refractivity (Wildman–Crippen MR) is 99.9 cm³/mol. The topological polar surface area (TPSA) is 107 Å². The van der Waals surface area contributed by atoms with E-state index in [-0.39, 0.29) is 5.56 Å². The summed E-state index contributed by atoms with van der Waals surface area (Å²) < 4.78 is 0. The zero-order chi connectivity index (χ0) is 18.8. The highest BCUT2D eigenvalue weighted by molar-refractivity contribution is 5.99. The average molecular weight is 360 g/mol. The molecule has 3 aromatic rings. The molecule has 3 N–H and O–H groups in total. The molecular formula is C20H16N4O3. The van der Waals surface area contributed by atoms with Crippen LogP contribution in [-0.4, -0.2) is 33.4 Å². The van der Waals surface area contributed by atoms with E-state index in [1.807, 2.05) is 18.2 Å². The van der Waals surface area contributed by atoms with Gasteiger partial charge in [0.2, 0.25) is 0 Å². The standard InChI is InChI=1S/C20H16N4O3/c25-19(24-21-11-13-6-2-4-8-15(13)20(26)27)18-16-10-9-12-5-1-3-7-14(12)17(16)22-23-18/h1-8,11H,9-10H2,(H,22,23)(H,24,25)(H,26,27). The minimum absolute atomic E-state index is 0.117. The van der Waals surface area contributed by atoms with Crippen LogP contribution in [0, 0.1) is 0 Å². The lowest BCUT2D eigenvalue weighted by Gasteiger charge is -2.15. The second kappa shape index (κ2) is 6.87. The van der Waals surface area contributed by atoms with Crippen LogP contribution in [0.3, 0.4) is 0 Å². The van der Waals surface area contributed by atoms with Gasteiger partial charge in [0.25, 0.3) is 5.91 Å². The molecule has 7 heteroatoms. The molecule has 0 radical (unpaired) electrons. The Hall–Kier alpha value is -3.74. The van der Waals surface area contributed by atoms with Gasteiger partial charge in [-0.15, -0.1) is 0 Å². The van der Waals surface area contributed by atoms with Gasteiger partial charge in [0.15, 0.2) is 0 Å². The molecule has 1 heterocycles. The average Bonchev–Trinajstić information content (AvgIpc) is 3.13. The van der Waals surface area contributed by atoms with Gasteiger partial charge in [-0.2, -0.15) is 10.2 Å². The van der Waals surface area contributed by atoms with E-state index in [0.717, 1.165) is 29.7 Å². The highest BCUT2D eigenvalue weighted by atomic mass is 16.4. The van der Waals surface area contributed by atoms with Gasteiger partial charge in [-0.3, -0.25) is 9.89 Å². The molecule has 0 saturated heterocycles. The van der Waals surface area contributed by atoms with E-state index < -0.39 is 11.9 Å². The van der Waals surface area contributed by atoms with Crippen molar-refractivity contribution < 1.29 is 14.7 Å². The first kappa shape index (κ1) is 16.7. The molecule has 0 atom stereocenters. The summed E-state index contributed by atoms with van der Waals surface area (Å²) in [4.78, 5) is 23.7. The quantitative estimate of drug-likeness (QED) is 0.491. The number of carbonyl (C=O) groups excluding carboxylic acids is 1. The summed E-state index contributed by atoms with van der Waals surface area (Å²) in [7, 11) is 0. The summed E-state index contributed by atoms with van der Waals surface area (Å²) in [5.74, 6) is -1.46. The number of fused-ring (bicyclic) bond motifs is 3.